The lowest BCUT2D eigenvalue weighted by Gasteiger charge is -2.36. The highest BCUT2D eigenvalue weighted by molar-refractivity contribution is 9.10. The molecule has 0 unspecified atom stereocenters. The van der Waals surface area contributed by atoms with E-state index < -0.39 is 5.91 Å². The largest absolute Gasteiger partial charge is 0.506 e. The average Bonchev–Trinajstić information content (AvgIpc) is 2.89. The Kier molecular flexibility index (Phi) is 11.3. The number of benzene rings is 3. The molecule has 0 saturated carbocycles. The number of amides is 1. The molecule has 39 heavy (non-hydrogen) atoms. The van der Waals surface area contributed by atoms with Crippen LogP contribution in [0, 0.1) is 6.92 Å². The summed E-state index contributed by atoms with van der Waals surface area (Å²) in [5, 5.41) is 14.8. The van der Waals surface area contributed by atoms with Crippen LogP contribution in [0.2, 0.25) is 15.1 Å². The van der Waals surface area contributed by atoms with E-state index in [1.54, 1.807) is 6.21 Å². The lowest BCUT2D eigenvalue weighted by atomic mass is 10.1. The minimum atomic E-state index is -0.434. The van der Waals surface area contributed by atoms with Crippen molar-refractivity contribution in [2.24, 2.45) is 5.10 Å². The van der Waals surface area contributed by atoms with Crippen LogP contribution < -0.4 is 15.1 Å². The maximum Gasteiger partial charge on any atom is 0.271 e. The van der Waals surface area contributed by atoms with Crippen molar-refractivity contribution >= 4 is 68.5 Å². The highest BCUT2D eigenvalue weighted by atomic mass is 79.9. The summed E-state index contributed by atoms with van der Waals surface area (Å²) in [6.45, 7) is 7.02. The van der Waals surface area contributed by atoms with Gasteiger partial charge in [-0.05, 0) is 82.5 Å². The Labute approximate surface area is 253 Å². The van der Waals surface area contributed by atoms with Crippen LogP contribution in [0.5, 0.6) is 11.5 Å². The standard InChI is InChI=1S/C27H26BrCl3N4O3.CH4.H2/c1-17-12-18(16-32-33-27(37)19-2-5-25(36)24(31)14-19)13-21(28)26(17)38-11-10-34-6-8-35(9-7-34)20-3-4-22(29)23(30)15-20;;/h2-5,12-16,36H,6-11H2,1H3,(H,33,37);1H4;1H/b32-16+;;. The summed E-state index contributed by atoms with van der Waals surface area (Å²) < 4.78 is 6.91. The first-order chi connectivity index (χ1) is 18.2. The second kappa shape index (κ2) is 14.2. The maximum atomic E-state index is 12.2. The number of rotatable bonds is 8. The van der Waals surface area contributed by atoms with E-state index >= 15 is 0 Å². The number of hydrazone groups is 1. The van der Waals surface area contributed by atoms with Gasteiger partial charge in [0.25, 0.3) is 5.91 Å². The van der Waals surface area contributed by atoms with Gasteiger partial charge < -0.3 is 14.7 Å². The zero-order valence-electron chi connectivity index (χ0n) is 20.6. The molecule has 0 bridgehead atoms. The fourth-order valence-electron chi connectivity index (χ4n) is 4.08. The van der Waals surface area contributed by atoms with Crippen molar-refractivity contribution in [3.05, 3.63) is 84.8 Å². The van der Waals surface area contributed by atoms with E-state index in [9.17, 15) is 9.90 Å². The van der Waals surface area contributed by atoms with Crippen molar-refractivity contribution in [2.75, 3.05) is 44.2 Å². The minimum absolute atomic E-state index is 0. The fraction of sp³-hybridized carbons (Fsp3) is 0.286. The van der Waals surface area contributed by atoms with Gasteiger partial charge in [0, 0.05) is 45.4 Å². The van der Waals surface area contributed by atoms with Crippen molar-refractivity contribution in [1.29, 1.82) is 0 Å². The first-order valence-corrected chi connectivity index (χ1v) is 13.8. The molecule has 1 aliphatic heterocycles. The number of nitrogens with one attached hydrogen (secondary N) is 1. The number of aryl methyl sites for hydroxylation is 1. The zero-order chi connectivity index (χ0) is 27.2. The average molecular weight is 659 g/mol. The summed E-state index contributed by atoms with van der Waals surface area (Å²) in [4.78, 5) is 16.9. The van der Waals surface area contributed by atoms with Crippen LogP contribution in [0.15, 0.2) is 58.1 Å². The van der Waals surface area contributed by atoms with Gasteiger partial charge in [0.05, 0.1) is 25.8 Å². The molecule has 7 nitrogen and oxygen atoms in total. The summed E-state index contributed by atoms with van der Waals surface area (Å²) in [6, 6.07) is 13.8. The molecule has 2 N–H and O–H groups in total. The number of nitrogens with zero attached hydrogens (tertiary/aromatic N) is 3. The lowest BCUT2D eigenvalue weighted by Crippen LogP contribution is -2.47. The molecule has 1 fully saturated rings. The Morgan fingerprint density at radius 1 is 1.08 bits per heavy atom. The number of hydrogen-bond acceptors (Lipinski definition) is 6. The number of hydrogen-bond donors (Lipinski definition) is 2. The Morgan fingerprint density at radius 2 is 1.82 bits per heavy atom. The second-order valence-electron chi connectivity index (χ2n) is 8.79. The molecule has 1 saturated heterocycles. The maximum absolute atomic E-state index is 12.2. The molecule has 0 aromatic heterocycles. The number of halogens is 4. The van der Waals surface area contributed by atoms with Crippen molar-refractivity contribution < 1.29 is 16.1 Å². The van der Waals surface area contributed by atoms with Gasteiger partial charge in [0.2, 0.25) is 0 Å². The Morgan fingerprint density at radius 3 is 2.49 bits per heavy atom. The number of carbonyl (C=O) groups is 1. The van der Waals surface area contributed by atoms with E-state index in [0.717, 1.165) is 59.8 Å². The number of aromatic hydroxyl groups is 1. The molecule has 1 aliphatic rings. The third-order valence-electron chi connectivity index (χ3n) is 6.14. The Balaban J connectivity index is 0.00000280. The van der Waals surface area contributed by atoms with E-state index in [1.807, 2.05) is 37.3 Å². The SMILES string of the molecule is C.Cc1cc(/C=N/NC(=O)c2ccc(O)c(Cl)c2)cc(Br)c1OCCN1CCN(c2ccc(Cl)c(Cl)c2)CC1.[HH]. The van der Waals surface area contributed by atoms with Gasteiger partial charge in [-0.25, -0.2) is 5.43 Å². The van der Waals surface area contributed by atoms with Gasteiger partial charge in [-0.15, -0.1) is 0 Å². The molecule has 11 heteroatoms. The Hall–Kier alpha value is -2.49. The summed E-state index contributed by atoms with van der Waals surface area (Å²) in [5.74, 6) is 0.257. The highest BCUT2D eigenvalue weighted by Gasteiger charge is 2.18. The number of piperazine rings is 1. The van der Waals surface area contributed by atoms with Crippen LogP contribution in [0.3, 0.4) is 0 Å². The van der Waals surface area contributed by atoms with Crippen molar-refractivity contribution in [1.82, 2.24) is 10.3 Å². The van der Waals surface area contributed by atoms with Gasteiger partial charge >= 0.3 is 0 Å². The molecule has 0 radical (unpaired) electrons. The second-order valence-corrected chi connectivity index (χ2v) is 10.9. The highest BCUT2D eigenvalue weighted by Crippen LogP contribution is 2.31. The monoisotopic (exact) mass is 656 g/mol. The molecule has 210 valence electrons. The van der Waals surface area contributed by atoms with Gasteiger partial charge in [-0.1, -0.05) is 42.2 Å². The Bertz CT molecular complexity index is 1330. The molecule has 3 aromatic carbocycles. The number of anilines is 1. The topological polar surface area (TPSA) is 77.4 Å². The summed E-state index contributed by atoms with van der Waals surface area (Å²) in [5.41, 5.74) is 5.58. The van der Waals surface area contributed by atoms with Crippen LogP contribution in [-0.4, -0.2) is 61.5 Å². The van der Waals surface area contributed by atoms with Crippen LogP contribution in [0.1, 0.15) is 30.3 Å². The molecule has 3 aromatic rings. The van der Waals surface area contributed by atoms with Crippen molar-refractivity contribution in [3.63, 3.8) is 0 Å². The van der Waals surface area contributed by atoms with E-state index in [0.29, 0.717) is 22.2 Å². The number of phenolic OH excluding ortho intramolecular Hbond substituents is 1. The zero-order valence-corrected chi connectivity index (χ0v) is 24.4. The van der Waals surface area contributed by atoms with Crippen LogP contribution in [0.25, 0.3) is 0 Å². The minimum Gasteiger partial charge on any atom is -0.506 e. The molecule has 0 aliphatic carbocycles. The summed E-state index contributed by atoms with van der Waals surface area (Å²) >= 11 is 21.7. The van der Waals surface area contributed by atoms with Gasteiger partial charge in [0.1, 0.15) is 18.1 Å². The van der Waals surface area contributed by atoms with Gasteiger partial charge in [0.15, 0.2) is 0 Å². The third-order valence-corrected chi connectivity index (χ3v) is 7.77. The molecule has 1 heterocycles. The molecular weight excluding hydrogens is 627 g/mol. The van der Waals surface area contributed by atoms with Crippen LogP contribution >= 0.6 is 50.7 Å². The first kappa shape index (κ1) is 31.0. The molecule has 1 amide bonds. The van der Waals surface area contributed by atoms with Gasteiger partial charge in [-0.3, -0.25) is 9.69 Å². The van der Waals surface area contributed by atoms with Crippen molar-refractivity contribution in [3.8, 4) is 11.5 Å². The predicted molar refractivity (Wildman–Crippen MR) is 167 cm³/mol. The predicted octanol–water partition coefficient (Wildman–Crippen LogP) is 7.27. The number of ether oxygens (including phenoxy) is 1. The quantitative estimate of drug-likeness (QED) is 0.197. The molecule has 4 rings (SSSR count). The molecule has 0 spiro atoms. The molecular formula is C28H32BrCl3N4O3. The fourth-order valence-corrected chi connectivity index (χ4v) is 5.25. The van der Waals surface area contributed by atoms with E-state index in [4.69, 9.17) is 39.5 Å². The van der Waals surface area contributed by atoms with E-state index in [2.05, 4.69) is 36.3 Å². The smallest absolute Gasteiger partial charge is 0.271 e. The first-order valence-electron chi connectivity index (χ1n) is 11.9. The van der Waals surface area contributed by atoms with Crippen LogP contribution in [-0.2, 0) is 0 Å². The van der Waals surface area contributed by atoms with Crippen molar-refractivity contribution in [2.45, 2.75) is 14.4 Å². The number of phenols is 1. The molecule has 0 atom stereocenters. The summed E-state index contributed by atoms with van der Waals surface area (Å²) in [6.07, 6.45) is 1.55. The van der Waals surface area contributed by atoms with E-state index in [-0.39, 0.29) is 19.6 Å². The van der Waals surface area contributed by atoms with E-state index in [1.165, 1.54) is 18.2 Å². The number of carbonyl (C=O) groups excluding carboxylic acids is 1. The summed E-state index contributed by atoms with van der Waals surface area (Å²) in [7, 11) is 0. The third kappa shape index (κ3) is 8.25. The lowest BCUT2D eigenvalue weighted by molar-refractivity contribution is 0.0955. The van der Waals surface area contributed by atoms with Crippen LogP contribution in [0.4, 0.5) is 5.69 Å². The normalized spacial score (nSPS) is 13.8. The van der Waals surface area contributed by atoms with Gasteiger partial charge in [-0.2, -0.15) is 5.10 Å².